The van der Waals surface area contributed by atoms with Crippen molar-refractivity contribution in [3.05, 3.63) is 29.6 Å². The first-order valence-corrected chi connectivity index (χ1v) is 7.38. The third-order valence-electron chi connectivity index (χ3n) is 3.85. The van der Waals surface area contributed by atoms with Crippen LogP contribution in [0.4, 0.5) is 4.39 Å². The molecule has 1 aromatic rings. The summed E-state index contributed by atoms with van der Waals surface area (Å²) in [5, 5.41) is 3.43. The molecule has 0 saturated carbocycles. The third kappa shape index (κ3) is 3.70. The van der Waals surface area contributed by atoms with Crippen molar-refractivity contribution in [2.45, 2.75) is 32.9 Å². The van der Waals surface area contributed by atoms with Crippen LogP contribution in [0.3, 0.4) is 0 Å². The van der Waals surface area contributed by atoms with Gasteiger partial charge < -0.3 is 10.1 Å². The summed E-state index contributed by atoms with van der Waals surface area (Å²) in [5.74, 6) is 0.757. The normalized spacial score (nSPS) is 20.4. The predicted octanol–water partition coefficient (Wildman–Crippen LogP) is 2.65. The second-order valence-electron chi connectivity index (χ2n) is 5.89. The van der Waals surface area contributed by atoms with Crippen LogP contribution < -0.4 is 10.1 Å². The Morgan fingerprint density at radius 3 is 2.95 bits per heavy atom. The number of hydrogen-bond acceptors (Lipinski definition) is 3. The van der Waals surface area contributed by atoms with Crippen LogP contribution in [0, 0.1) is 11.7 Å². The molecule has 0 aliphatic carbocycles. The van der Waals surface area contributed by atoms with Crippen LogP contribution in [0.15, 0.2) is 18.2 Å². The SMILES string of the molecule is COc1cccc(CN2CCNCC2CC(C)C)c1F. The number of methoxy groups -OCH3 is 1. The van der Waals surface area contributed by atoms with Gasteiger partial charge >= 0.3 is 0 Å². The van der Waals surface area contributed by atoms with Crippen LogP contribution in [0.1, 0.15) is 25.8 Å². The molecule has 3 nitrogen and oxygen atoms in total. The third-order valence-corrected chi connectivity index (χ3v) is 3.85. The molecule has 1 saturated heterocycles. The molecule has 1 aromatic carbocycles. The molecule has 1 aliphatic heterocycles. The lowest BCUT2D eigenvalue weighted by Crippen LogP contribution is -2.51. The van der Waals surface area contributed by atoms with E-state index in [9.17, 15) is 4.39 Å². The number of nitrogens with zero attached hydrogens (tertiary/aromatic N) is 1. The minimum atomic E-state index is -0.225. The molecule has 112 valence electrons. The summed E-state index contributed by atoms with van der Waals surface area (Å²) in [5.41, 5.74) is 0.722. The average Bonchev–Trinajstić information content (AvgIpc) is 2.42. The molecule has 1 aliphatic rings. The number of hydrogen-bond donors (Lipinski definition) is 1. The van der Waals surface area contributed by atoms with Crippen molar-refractivity contribution in [1.29, 1.82) is 0 Å². The number of nitrogens with one attached hydrogen (secondary N) is 1. The van der Waals surface area contributed by atoms with Crippen LogP contribution in [0.2, 0.25) is 0 Å². The van der Waals surface area contributed by atoms with Crippen molar-refractivity contribution in [2.75, 3.05) is 26.7 Å². The highest BCUT2D eigenvalue weighted by molar-refractivity contribution is 5.31. The summed E-state index contributed by atoms with van der Waals surface area (Å²) < 4.78 is 19.3. The standard InChI is InChI=1S/C16H25FN2O/c1-12(2)9-14-10-18-7-8-19(14)11-13-5-4-6-15(20-3)16(13)17/h4-6,12,14,18H,7-11H2,1-3H3. The van der Waals surface area contributed by atoms with Crippen molar-refractivity contribution >= 4 is 0 Å². The quantitative estimate of drug-likeness (QED) is 0.897. The van der Waals surface area contributed by atoms with E-state index in [1.807, 2.05) is 12.1 Å². The maximum Gasteiger partial charge on any atom is 0.169 e. The molecule has 1 N–H and O–H groups in total. The molecule has 0 spiro atoms. The van der Waals surface area contributed by atoms with Gasteiger partial charge in [0.15, 0.2) is 11.6 Å². The molecular formula is C16H25FN2O. The van der Waals surface area contributed by atoms with E-state index in [1.165, 1.54) is 7.11 Å². The van der Waals surface area contributed by atoms with E-state index in [1.54, 1.807) is 6.07 Å². The Hall–Kier alpha value is -1.13. The van der Waals surface area contributed by atoms with Gasteiger partial charge in [-0.15, -0.1) is 0 Å². The molecule has 0 amide bonds. The molecule has 4 heteroatoms. The Labute approximate surface area is 121 Å². The molecule has 1 unspecified atom stereocenters. The van der Waals surface area contributed by atoms with E-state index < -0.39 is 0 Å². The van der Waals surface area contributed by atoms with E-state index >= 15 is 0 Å². The molecular weight excluding hydrogens is 255 g/mol. The van der Waals surface area contributed by atoms with Gasteiger partial charge in [0.25, 0.3) is 0 Å². The zero-order valence-electron chi connectivity index (χ0n) is 12.7. The Kier molecular flexibility index (Phi) is 5.38. The van der Waals surface area contributed by atoms with Gasteiger partial charge in [0, 0.05) is 37.8 Å². The molecule has 0 aromatic heterocycles. The monoisotopic (exact) mass is 280 g/mol. The largest absolute Gasteiger partial charge is 0.494 e. The van der Waals surface area contributed by atoms with Crippen molar-refractivity contribution < 1.29 is 9.13 Å². The van der Waals surface area contributed by atoms with Crippen LogP contribution in [0.5, 0.6) is 5.75 Å². The molecule has 1 heterocycles. The average molecular weight is 280 g/mol. The minimum Gasteiger partial charge on any atom is -0.494 e. The maximum absolute atomic E-state index is 14.3. The van der Waals surface area contributed by atoms with Crippen LogP contribution in [-0.4, -0.2) is 37.7 Å². The van der Waals surface area contributed by atoms with Gasteiger partial charge in [-0.3, -0.25) is 4.90 Å². The summed E-state index contributed by atoms with van der Waals surface area (Å²) in [4.78, 5) is 2.38. The van der Waals surface area contributed by atoms with Gasteiger partial charge in [0.1, 0.15) is 0 Å². The van der Waals surface area contributed by atoms with Crippen LogP contribution >= 0.6 is 0 Å². The lowest BCUT2D eigenvalue weighted by molar-refractivity contribution is 0.132. The lowest BCUT2D eigenvalue weighted by Gasteiger charge is -2.37. The van der Waals surface area contributed by atoms with E-state index in [-0.39, 0.29) is 5.82 Å². The first-order chi connectivity index (χ1) is 9.61. The summed E-state index contributed by atoms with van der Waals surface area (Å²) in [6.07, 6.45) is 1.14. The highest BCUT2D eigenvalue weighted by atomic mass is 19.1. The predicted molar refractivity (Wildman–Crippen MR) is 79.5 cm³/mol. The lowest BCUT2D eigenvalue weighted by atomic mass is 10.00. The highest BCUT2D eigenvalue weighted by Crippen LogP contribution is 2.23. The van der Waals surface area contributed by atoms with Crippen LogP contribution in [-0.2, 0) is 6.54 Å². The molecule has 20 heavy (non-hydrogen) atoms. The summed E-state index contributed by atoms with van der Waals surface area (Å²) in [7, 11) is 1.51. The summed E-state index contributed by atoms with van der Waals surface area (Å²) in [6.45, 7) is 8.05. The topological polar surface area (TPSA) is 24.5 Å². The van der Waals surface area contributed by atoms with Gasteiger partial charge in [0.2, 0.25) is 0 Å². The van der Waals surface area contributed by atoms with Gasteiger partial charge in [0.05, 0.1) is 7.11 Å². The first kappa shape index (κ1) is 15.3. The van der Waals surface area contributed by atoms with Crippen molar-refractivity contribution in [2.24, 2.45) is 5.92 Å². The number of halogens is 1. The van der Waals surface area contributed by atoms with Crippen LogP contribution in [0.25, 0.3) is 0 Å². The van der Waals surface area contributed by atoms with E-state index in [4.69, 9.17) is 4.74 Å². The molecule has 0 radical (unpaired) electrons. The number of piperazine rings is 1. The van der Waals surface area contributed by atoms with Crippen molar-refractivity contribution in [1.82, 2.24) is 10.2 Å². The van der Waals surface area contributed by atoms with Gasteiger partial charge in [-0.2, -0.15) is 0 Å². The Morgan fingerprint density at radius 1 is 1.45 bits per heavy atom. The van der Waals surface area contributed by atoms with Crippen molar-refractivity contribution in [3.8, 4) is 5.75 Å². The zero-order chi connectivity index (χ0) is 14.5. The smallest absolute Gasteiger partial charge is 0.169 e. The number of benzene rings is 1. The fraction of sp³-hybridized carbons (Fsp3) is 0.625. The maximum atomic E-state index is 14.3. The van der Waals surface area contributed by atoms with Gasteiger partial charge in [-0.25, -0.2) is 4.39 Å². The molecule has 1 atom stereocenters. The zero-order valence-corrected chi connectivity index (χ0v) is 12.7. The van der Waals surface area contributed by atoms with Gasteiger partial charge in [-0.1, -0.05) is 26.0 Å². The number of ether oxygens (including phenoxy) is 1. The second kappa shape index (κ2) is 7.04. The van der Waals surface area contributed by atoms with Crippen molar-refractivity contribution in [3.63, 3.8) is 0 Å². The number of rotatable bonds is 5. The minimum absolute atomic E-state index is 0.225. The van der Waals surface area contributed by atoms with E-state index in [0.29, 0.717) is 24.3 Å². The molecule has 1 fully saturated rings. The fourth-order valence-electron chi connectivity index (χ4n) is 2.84. The summed E-state index contributed by atoms with van der Waals surface area (Å²) in [6, 6.07) is 5.86. The van der Waals surface area contributed by atoms with E-state index in [0.717, 1.165) is 31.6 Å². The fourth-order valence-corrected chi connectivity index (χ4v) is 2.84. The first-order valence-electron chi connectivity index (χ1n) is 7.38. The Balaban J connectivity index is 2.10. The Morgan fingerprint density at radius 2 is 2.25 bits per heavy atom. The highest BCUT2D eigenvalue weighted by Gasteiger charge is 2.24. The van der Waals surface area contributed by atoms with E-state index in [2.05, 4.69) is 24.1 Å². The molecule has 0 bridgehead atoms. The van der Waals surface area contributed by atoms with Gasteiger partial charge in [-0.05, 0) is 18.4 Å². The Bertz CT molecular complexity index is 436. The summed E-state index contributed by atoms with van der Waals surface area (Å²) >= 11 is 0. The molecule has 2 rings (SSSR count). The second-order valence-corrected chi connectivity index (χ2v) is 5.89.